The predicted molar refractivity (Wildman–Crippen MR) is 194 cm³/mol. The van der Waals surface area contributed by atoms with Crippen LogP contribution in [0.4, 0.5) is 13.2 Å². The maximum absolute atomic E-state index is 14.0. The van der Waals surface area contributed by atoms with Gasteiger partial charge in [0.2, 0.25) is 0 Å². The summed E-state index contributed by atoms with van der Waals surface area (Å²) < 4.78 is 39.7. The molecule has 2 aliphatic rings. The lowest BCUT2D eigenvalue weighted by Crippen LogP contribution is -2.37. The Bertz CT molecular complexity index is 1560. The molecule has 6 rings (SSSR count). The van der Waals surface area contributed by atoms with Gasteiger partial charge in [-0.1, -0.05) is 144 Å². The van der Waals surface area contributed by atoms with Crippen LogP contribution in [0.3, 0.4) is 0 Å². The molecule has 4 aromatic carbocycles. The van der Waals surface area contributed by atoms with E-state index in [4.69, 9.17) is 4.99 Å². The Hall–Kier alpha value is -3.76. The van der Waals surface area contributed by atoms with E-state index in [2.05, 4.69) is 25.1 Å². The van der Waals surface area contributed by atoms with Crippen molar-refractivity contribution in [2.24, 2.45) is 4.99 Å². The van der Waals surface area contributed by atoms with Gasteiger partial charge < -0.3 is 0 Å². The van der Waals surface area contributed by atoms with Crippen molar-refractivity contribution in [2.45, 2.75) is 82.6 Å². The zero-order valence-corrected chi connectivity index (χ0v) is 28.7. The first-order valence-electron chi connectivity index (χ1n) is 17.3. The fourth-order valence-electron chi connectivity index (χ4n) is 6.62. The number of unbranched alkanes of at least 4 members (excludes halogenated alkanes) is 3. The second-order valence-corrected chi connectivity index (χ2v) is 15.2. The van der Waals surface area contributed by atoms with Crippen LogP contribution in [0.5, 0.6) is 0 Å². The zero-order valence-electron chi connectivity index (χ0n) is 27.8. The van der Waals surface area contributed by atoms with Gasteiger partial charge in [0.05, 0.1) is 18.2 Å². The average Bonchev–Trinajstić information content (AvgIpc) is 3.58. The van der Waals surface area contributed by atoms with E-state index >= 15 is 0 Å². The van der Waals surface area contributed by atoms with Crippen LogP contribution in [0, 0.1) is 0 Å². The number of amides is 1. The molecule has 1 heterocycles. The first-order chi connectivity index (χ1) is 23.4. The van der Waals surface area contributed by atoms with Crippen LogP contribution in [-0.4, -0.2) is 35.0 Å². The van der Waals surface area contributed by atoms with Crippen LogP contribution in [0.1, 0.15) is 97.8 Å². The molecule has 0 saturated heterocycles. The predicted octanol–water partition coefficient (Wildman–Crippen LogP) is 11.1. The van der Waals surface area contributed by atoms with Crippen LogP contribution in [0.25, 0.3) is 0 Å². The van der Waals surface area contributed by atoms with Crippen molar-refractivity contribution in [1.29, 1.82) is 0 Å². The number of benzene rings is 4. The number of carbonyl (C=O) groups excluding carboxylic acids is 1. The van der Waals surface area contributed by atoms with Crippen LogP contribution < -0.4 is 5.30 Å². The van der Waals surface area contributed by atoms with E-state index in [1.165, 1.54) is 81.4 Å². The summed E-state index contributed by atoms with van der Waals surface area (Å²) in [6.45, 7) is 2.59. The third-order valence-corrected chi connectivity index (χ3v) is 12.4. The van der Waals surface area contributed by atoms with Gasteiger partial charge in [0, 0.05) is 11.1 Å². The number of nitrogens with zero attached hydrogens (tertiary/aromatic N) is 2. The minimum absolute atomic E-state index is 0.232. The molecule has 3 nitrogen and oxygen atoms in total. The minimum Gasteiger partial charge on any atom is -0.290 e. The molecule has 0 N–H and O–H groups in total. The van der Waals surface area contributed by atoms with Crippen LogP contribution in [0.2, 0.25) is 0 Å². The molecular formula is C41H46F3N2OP. The minimum atomic E-state index is -4.45. The van der Waals surface area contributed by atoms with Gasteiger partial charge in [-0.3, -0.25) is 14.7 Å². The topological polar surface area (TPSA) is 32.7 Å². The first-order valence-corrected chi connectivity index (χ1v) is 18.9. The maximum atomic E-state index is 14.0. The maximum Gasteiger partial charge on any atom is 0.416 e. The van der Waals surface area contributed by atoms with Gasteiger partial charge >= 0.3 is 6.18 Å². The molecule has 0 aromatic heterocycles. The van der Waals surface area contributed by atoms with Crippen molar-refractivity contribution in [3.63, 3.8) is 0 Å². The van der Waals surface area contributed by atoms with E-state index in [9.17, 15) is 18.0 Å². The van der Waals surface area contributed by atoms with Crippen molar-refractivity contribution in [3.05, 3.63) is 138 Å². The summed E-state index contributed by atoms with van der Waals surface area (Å²) in [5.74, 6) is 0.321. The molecule has 4 aromatic rings. The SMILES string of the molecule is CCCCCCP(c1ccccc1C1=NC(c2ccccc2)CN1C(=O)c1ccc(C(F)(F)F)cc1)C1CCCCC1.c1ccccc1. The molecule has 252 valence electrons. The van der Waals surface area contributed by atoms with Gasteiger partial charge in [-0.25, -0.2) is 0 Å². The quantitative estimate of drug-likeness (QED) is 0.122. The first kappa shape index (κ1) is 35.5. The van der Waals surface area contributed by atoms with Crippen molar-refractivity contribution >= 4 is 25.0 Å². The lowest BCUT2D eigenvalue weighted by molar-refractivity contribution is -0.137. The summed E-state index contributed by atoms with van der Waals surface area (Å²) in [6, 6.07) is 34.7. The molecule has 2 unspecified atom stereocenters. The van der Waals surface area contributed by atoms with E-state index in [1.54, 1.807) is 4.90 Å². The lowest BCUT2D eigenvalue weighted by Gasteiger charge is -2.33. The van der Waals surface area contributed by atoms with E-state index in [0.29, 0.717) is 18.0 Å². The molecule has 0 bridgehead atoms. The monoisotopic (exact) mass is 670 g/mol. The van der Waals surface area contributed by atoms with Crippen LogP contribution >= 0.6 is 7.92 Å². The summed E-state index contributed by atoms with van der Waals surface area (Å²) >= 11 is 0. The molecule has 1 aliphatic heterocycles. The fourth-order valence-corrected chi connectivity index (χ4v) is 9.94. The normalized spacial score (nSPS) is 17.3. The lowest BCUT2D eigenvalue weighted by atomic mass is 10.0. The molecule has 48 heavy (non-hydrogen) atoms. The standard InChI is InChI=1S/C35H40F3N2OP.C6H6/c1-2-3-4-13-24-42(29-16-9-6-10-17-29)32-19-12-11-18-30(32)33-39-31(26-14-7-5-8-15-26)25-40(33)34(41)27-20-22-28(23-21-27)35(36,37)38;1-2-4-6-5-3-1/h5,7-8,11-12,14-15,18-23,29,31H,2-4,6,9-10,13,16-17,24-25H2,1H3;1-6H. The van der Waals surface area contributed by atoms with Gasteiger partial charge in [0.15, 0.2) is 0 Å². The fraction of sp³-hybridized carbons (Fsp3) is 0.366. The number of hydrogen-bond donors (Lipinski definition) is 0. The number of amidine groups is 1. The highest BCUT2D eigenvalue weighted by atomic mass is 31.1. The summed E-state index contributed by atoms with van der Waals surface area (Å²) in [5, 5.41) is 1.31. The van der Waals surface area contributed by atoms with Gasteiger partial charge in [0.1, 0.15) is 5.84 Å². The van der Waals surface area contributed by atoms with Crippen molar-refractivity contribution in [1.82, 2.24) is 4.90 Å². The third kappa shape index (κ3) is 9.44. The van der Waals surface area contributed by atoms with Gasteiger partial charge in [-0.15, -0.1) is 0 Å². The van der Waals surface area contributed by atoms with Crippen LogP contribution in [-0.2, 0) is 6.18 Å². The van der Waals surface area contributed by atoms with Crippen LogP contribution in [0.15, 0.2) is 120 Å². The summed E-state index contributed by atoms with van der Waals surface area (Å²) in [4.78, 5) is 20.8. The third-order valence-electron chi connectivity index (χ3n) is 9.17. The Morgan fingerprint density at radius 3 is 2.00 bits per heavy atom. The van der Waals surface area contributed by atoms with Gasteiger partial charge in [-0.2, -0.15) is 13.2 Å². The molecule has 7 heteroatoms. The molecule has 0 spiro atoms. The van der Waals surface area contributed by atoms with Crippen molar-refractivity contribution < 1.29 is 18.0 Å². The number of alkyl halides is 3. The van der Waals surface area contributed by atoms with Gasteiger partial charge in [0.25, 0.3) is 5.91 Å². The van der Waals surface area contributed by atoms with Crippen molar-refractivity contribution in [2.75, 3.05) is 12.7 Å². The second kappa shape index (κ2) is 17.6. The number of rotatable bonds is 10. The number of carbonyl (C=O) groups is 1. The Balaban J connectivity index is 0.000000677. The average molecular weight is 671 g/mol. The highest BCUT2D eigenvalue weighted by molar-refractivity contribution is 7.66. The van der Waals surface area contributed by atoms with Crippen molar-refractivity contribution in [3.8, 4) is 0 Å². The largest absolute Gasteiger partial charge is 0.416 e. The highest BCUT2D eigenvalue weighted by Gasteiger charge is 2.36. The van der Waals surface area contributed by atoms with Gasteiger partial charge in [-0.05, 0) is 66.2 Å². The molecule has 2 atom stereocenters. The zero-order chi connectivity index (χ0) is 33.8. The number of hydrogen-bond acceptors (Lipinski definition) is 2. The summed E-state index contributed by atoms with van der Waals surface area (Å²) in [6.07, 6.45) is 7.98. The smallest absolute Gasteiger partial charge is 0.290 e. The summed E-state index contributed by atoms with van der Waals surface area (Å²) in [5.41, 5.74) is 2.16. The Morgan fingerprint density at radius 2 is 1.38 bits per heavy atom. The molecular weight excluding hydrogens is 624 g/mol. The Labute approximate surface area is 285 Å². The van der Waals surface area contributed by atoms with E-state index in [-0.39, 0.29) is 17.5 Å². The molecule has 1 saturated carbocycles. The molecule has 1 fully saturated rings. The Kier molecular flexibility index (Phi) is 13.0. The molecule has 0 radical (unpaired) electrons. The highest BCUT2D eigenvalue weighted by Crippen LogP contribution is 2.49. The van der Waals surface area contributed by atoms with E-state index in [1.807, 2.05) is 72.8 Å². The number of aliphatic imine (C=N–C) groups is 1. The summed E-state index contributed by atoms with van der Waals surface area (Å²) in [7, 11) is -0.450. The number of halogens is 3. The Morgan fingerprint density at radius 1 is 0.771 bits per heavy atom. The van der Waals surface area contributed by atoms with E-state index in [0.717, 1.165) is 23.3 Å². The van der Waals surface area contributed by atoms with E-state index < -0.39 is 19.7 Å². The molecule has 1 amide bonds. The molecule has 1 aliphatic carbocycles. The second-order valence-electron chi connectivity index (χ2n) is 12.6.